The van der Waals surface area contributed by atoms with Gasteiger partial charge in [-0.2, -0.15) is 13.2 Å². The Labute approximate surface area is 138 Å². The maximum absolute atomic E-state index is 12.9. The fourth-order valence-electron chi connectivity index (χ4n) is 2.06. The van der Waals surface area contributed by atoms with Crippen LogP contribution < -0.4 is 10.6 Å². The summed E-state index contributed by atoms with van der Waals surface area (Å²) in [5, 5.41) is 5.44. The van der Waals surface area contributed by atoms with E-state index in [4.69, 9.17) is 0 Å². The molecule has 0 spiro atoms. The first kappa shape index (κ1) is 17.8. The Hall–Kier alpha value is -2.57. The maximum atomic E-state index is 12.9. The van der Waals surface area contributed by atoms with Crippen molar-refractivity contribution in [1.82, 2.24) is 4.98 Å². The number of rotatable bonds is 3. The number of alkyl halides is 3. The van der Waals surface area contributed by atoms with Crippen molar-refractivity contribution in [2.24, 2.45) is 0 Å². The smallest absolute Gasteiger partial charge is 0.379 e. The Bertz CT molecular complexity index is 719. The Morgan fingerprint density at radius 1 is 1.04 bits per heavy atom. The fraction of sp³-hybridized carbons (Fsp3) is 0.294. The summed E-state index contributed by atoms with van der Waals surface area (Å²) in [5.74, 6) is -0.700. The minimum absolute atomic E-state index is 0.0337. The highest BCUT2D eigenvalue weighted by Gasteiger charge is 2.33. The first-order chi connectivity index (χ1) is 11.1. The minimum Gasteiger partial charge on any atom is -0.379 e. The number of aromatic nitrogens is 1. The average molecular weight is 337 g/mol. The van der Waals surface area contributed by atoms with Crippen molar-refractivity contribution in [3.8, 4) is 0 Å². The first-order valence-electron chi connectivity index (χ1n) is 7.28. The van der Waals surface area contributed by atoms with Gasteiger partial charge in [0.25, 0.3) is 5.91 Å². The fourth-order valence-corrected chi connectivity index (χ4v) is 2.06. The SMILES string of the molecule is CC(C)(C)Nc1ccc(C(=O)Nc2ccccc2C(F)(F)F)nc1. The van der Waals surface area contributed by atoms with Gasteiger partial charge in [0.2, 0.25) is 0 Å². The van der Waals surface area contributed by atoms with E-state index in [0.717, 1.165) is 11.8 Å². The van der Waals surface area contributed by atoms with Crippen LogP contribution in [0.3, 0.4) is 0 Å². The normalized spacial score (nSPS) is 11.9. The standard InChI is InChI=1S/C17H18F3N3O/c1-16(2,3)23-11-8-9-14(21-10-11)15(24)22-13-7-5-4-6-12(13)17(18,19)20/h4-10,23H,1-3H3,(H,22,24). The number of amides is 1. The second kappa shape index (κ2) is 6.51. The predicted octanol–water partition coefficient (Wildman–Crippen LogP) is 4.56. The first-order valence-corrected chi connectivity index (χ1v) is 7.28. The quantitative estimate of drug-likeness (QED) is 0.863. The number of nitrogens with zero attached hydrogens (tertiary/aromatic N) is 1. The molecule has 1 aromatic carbocycles. The molecule has 0 radical (unpaired) electrons. The van der Waals surface area contributed by atoms with E-state index in [1.54, 1.807) is 6.07 Å². The number of benzene rings is 1. The molecule has 7 heteroatoms. The zero-order valence-corrected chi connectivity index (χ0v) is 13.5. The summed E-state index contributed by atoms with van der Waals surface area (Å²) in [5.41, 5.74) is -0.615. The Morgan fingerprint density at radius 3 is 2.25 bits per heavy atom. The number of anilines is 2. The van der Waals surface area contributed by atoms with Crippen molar-refractivity contribution in [3.63, 3.8) is 0 Å². The third-order valence-corrected chi connectivity index (χ3v) is 3.00. The van der Waals surface area contributed by atoms with Crippen LogP contribution in [0.5, 0.6) is 0 Å². The summed E-state index contributed by atoms with van der Waals surface area (Å²) >= 11 is 0. The van der Waals surface area contributed by atoms with Crippen molar-refractivity contribution >= 4 is 17.3 Å². The van der Waals surface area contributed by atoms with Crippen molar-refractivity contribution in [3.05, 3.63) is 53.9 Å². The zero-order chi connectivity index (χ0) is 18.0. The third kappa shape index (κ3) is 4.71. The summed E-state index contributed by atoms with van der Waals surface area (Å²) in [6, 6.07) is 7.93. The number of hydrogen-bond donors (Lipinski definition) is 2. The number of hydrogen-bond acceptors (Lipinski definition) is 3. The van der Waals surface area contributed by atoms with E-state index in [1.807, 2.05) is 20.8 Å². The zero-order valence-electron chi connectivity index (χ0n) is 13.5. The predicted molar refractivity (Wildman–Crippen MR) is 87.0 cm³/mol. The third-order valence-electron chi connectivity index (χ3n) is 3.00. The van der Waals surface area contributed by atoms with Gasteiger partial charge < -0.3 is 10.6 Å². The molecule has 2 aromatic rings. The molecular weight excluding hydrogens is 319 g/mol. The van der Waals surface area contributed by atoms with E-state index in [0.29, 0.717) is 0 Å². The van der Waals surface area contributed by atoms with Crippen LogP contribution in [0.4, 0.5) is 24.5 Å². The van der Waals surface area contributed by atoms with Crippen LogP contribution in [0.25, 0.3) is 0 Å². The molecule has 1 amide bonds. The molecule has 2 rings (SSSR count). The van der Waals surface area contributed by atoms with Gasteiger partial charge >= 0.3 is 6.18 Å². The Morgan fingerprint density at radius 2 is 1.71 bits per heavy atom. The molecule has 0 aliphatic carbocycles. The van der Waals surface area contributed by atoms with Crippen molar-refractivity contribution in [1.29, 1.82) is 0 Å². The molecule has 1 aromatic heterocycles. The van der Waals surface area contributed by atoms with Gasteiger partial charge in [0.05, 0.1) is 23.1 Å². The molecule has 4 nitrogen and oxygen atoms in total. The molecule has 128 valence electrons. The van der Waals surface area contributed by atoms with E-state index in [9.17, 15) is 18.0 Å². The van der Waals surface area contributed by atoms with E-state index >= 15 is 0 Å². The van der Waals surface area contributed by atoms with Crippen molar-refractivity contribution in [2.75, 3.05) is 10.6 Å². The van der Waals surface area contributed by atoms with Crippen LogP contribution >= 0.6 is 0 Å². The van der Waals surface area contributed by atoms with Crippen molar-refractivity contribution < 1.29 is 18.0 Å². The van der Waals surface area contributed by atoms with Gasteiger partial charge in [0.15, 0.2) is 0 Å². The molecule has 0 saturated heterocycles. The minimum atomic E-state index is -4.54. The highest BCUT2D eigenvalue weighted by atomic mass is 19.4. The number of carbonyl (C=O) groups excluding carboxylic acids is 1. The summed E-state index contributed by atoms with van der Waals surface area (Å²) in [7, 11) is 0. The second-order valence-corrected chi connectivity index (χ2v) is 6.30. The Balaban J connectivity index is 2.17. The number of para-hydroxylation sites is 1. The second-order valence-electron chi connectivity index (χ2n) is 6.30. The molecule has 1 heterocycles. The molecule has 0 bridgehead atoms. The number of carbonyl (C=O) groups is 1. The van der Waals surface area contributed by atoms with E-state index in [2.05, 4.69) is 15.6 Å². The molecule has 24 heavy (non-hydrogen) atoms. The van der Waals surface area contributed by atoms with Gasteiger partial charge in [0, 0.05) is 5.54 Å². The summed E-state index contributed by atoms with van der Waals surface area (Å²) in [6.45, 7) is 5.92. The van der Waals surface area contributed by atoms with Crippen LogP contribution in [0.15, 0.2) is 42.6 Å². The molecule has 0 saturated carbocycles. The van der Waals surface area contributed by atoms with Crippen LogP contribution in [-0.2, 0) is 6.18 Å². The molecule has 0 fully saturated rings. The van der Waals surface area contributed by atoms with Crippen molar-refractivity contribution in [2.45, 2.75) is 32.5 Å². The number of pyridine rings is 1. The summed E-state index contributed by atoms with van der Waals surface area (Å²) in [6.07, 6.45) is -3.08. The van der Waals surface area contributed by atoms with Crippen LogP contribution in [-0.4, -0.2) is 16.4 Å². The lowest BCUT2D eigenvalue weighted by molar-refractivity contribution is -0.136. The topological polar surface area (TPSA) is 54.0 Å². The van der Waals surface area contributed by atoms with Crippen LogP contribution in [0, 0.1) is 0 Å². The molecule has 0 atom stereocenters. The lowest BCUT2D eigenvalue weighted by Gasteiger charge is -2.21. The highest BCUT2D eigenvalue weighted by Crippen LogP contribution is 2.34. The Kier molecular flexibility index (Phi) is 4.82. The van der Waals surface area contributed by atoms with E-state index in [-0.39, 0.29) is 16.9 Å². The van der Waals surface area contributed by atoms with Gasteiger partial charge in [0.1, 0.15) is 5.69 Å². The lowest BCUT2D eigenvalue weighted by atomic mass is 10.1. The maximum Gasteiger partial charge on any atom is 0.418 e. The van der Waals surface area contributed by atoms with E-state index in [1.165, 1.54) is 30.5 Å². The van der Waals surface area contributed by atoms with Gasteiger partial charge in [-0.15, -0.1) is 0 Å². The molecule has 0 aliphatic heterocycles. The summed E-state index contributed by atoms with van der Waals surface area (Å²) < 4.78 is 38.8. The van der Waals surface area contributed by atoms with E-state index < -0.39 is 17.6 Å². The van der Waals surface area contributed by atoms with Crippen LogP contribution in [0.2, 0.25) is 0 Å². The molecule has 0 aliphatic rings. The molecule has 2 N–H and O–H groups in total. The largest absolute Gasteiger partial charge is 0.418 e. The molecular formula is C17H18F3N3O. The number of halogens is 3. The lowest BCUT2D eigenvalue weighted by Crippen LogP contribution is -2.26. The van der Waals surface area contributed by atoms with Gasteiger partial charge in [-0.25, -0.2) is 4.98 Å². The monoisotopic (exact) mass is 337 g/mol. The highest BCUT2D eigenvalue weighted by molar-refractivity contribution is 6.03. The number of nitrogens with one attached hydrogen (secondary N) is 2. The van der Waals surface area contributed by atoms with Gasteiger partial charge in [-0.3, -0.25) is 4.79 Å². The van der Waals surface area contributed by atoms with Crippen LogP contribution in [0.1, 0.15) is 36.8 Å². The van der Waals surface area contributed by atoms with Gasteiger partial charge in [-0.05, 0) is 45.0 Å². The average Bonchev–Trinajstić information content (AvgIpc) is 2.45. The molecule has 0 unspecified atom stereocenters. The summed E-state index contributed by atoms with van der Waals surface area (Å²) in [4.78, 5) is 16.1. The van der Waals surface area contributed by atoms with Gasteiger partial charge in [-0.1, -0.05) is 12.1 Å².